The van der Waals surface area contributed by atoms with Crippen molar-refractivity contribution in [1.29, 1.82) is 0 Å². The van der Waals surface area contributed by atoms with Crippen molar-refractivity contribution in [2.24, 2.45) is 5.92 Å². The number of fused-ring (bicyclic) bond motifs is 1. The molecule has 1 aromatic carbocycles. The van der Waals surface area contributed by atoms with Crippen LogP contribution < -0.4 is 9.47 Å². The Morgan fingerprint density at radius 1 is 1.32 bits per heavy atom. The van der Waals surface area contributed by atoms with Crippen molar-refractivity contribution in [3.05, 3.63) is 23.3 Å². The van der Waals surface area contributed by atoms with Gasteiger partial charge in [-0.1, -0.05) is 0 Å². The second kappa shape index (κ2) is 4.47. The Labute approximate surface area is 120 Å². The quantitative estimate of drug-likeness (QED) is 0.617. The first-order valence-corrected chi connectivity index (χ1v) is 6.22. The number of benzene rings is 1. The van der Waals surface area contributed by atoms with E-state index in [0.717, 1.165) is 19.2 Å². The molecule has 1 aliphatic heterocycles. The largest absolute Gasteiger partial charge is 0.586 e. The molecule has 2 aliphatic rings. The van der Waals surface area contributed by atoms with Crippen LogP contribution in [0.4, 0.5) is 22.0 Å². The predicted molar refractivity (Wildman–Crippen MR) is 60.9 cm³/mol. The zero-order valence-electron chi connectivity index (χ0n) is 11.0. The van der Waals surface area contributed by atoms with Gasteiger partial charge in [-0.05, 0) is 18.6 Å². The van der Waals surface area contributed by atoms with Crippen molar-refractivity contribution in [3.63, 3.8) is 0 Å². The Morgan fingerprint density at radius 3 is 2.55 bits per heavy atom. The van der Waals surface area contributed by atoms with Gasteiger partial charge >= 0.3 is 18.4 Å². The van der Waals surface area contributed by atoms with E-state index in [1.807, 2.05) is 0 Å². The van der Waals surface area contributed by atoms with Crippen LogP contribution in [-0.4, -0.2) is 25.6 Å². The van der Waals surface area contributed by atoms with Crippen LogP contribution >= 0.6 is 0 Å². The highest BCUT2D eigenvalue weighted by Crippen LogP contribution is 2.61. The van der Waals surface area contributed by atoms with E-state index >= 15 is 0 Å². The highest BCUT2D eigenvalue weighted by Gasteiger charge is 2.59. The number of alkyl halides is 5. The molecule has 1 aliphatic carbocycles. The van der Waals surface area contributed by atoms with Crippen LogP contribution in [0.5, 0.6) is 11.5 Å². The number of rotatable bonds is 2. The Hall–Kier alpha value is -2.06. The number of esters is 1. The maximum Gasteiger partial charge on any atom is 0.586 e. The summed E-state index contributed by atoms with van der Waals surface area (Å²) in [7, 11) is 1.04. The second-order valence-corrected chi connectivity index (χ2v) is 5.00. The molecule has 2 atom stereocenters. The van der Waals surface area contributed by atoms with Gasteiger partial charge in [-0.15, -0.1) is 8.78 Å². The van der Waals surface area contributed by atoms with Gasteiger partial charge in [-0.25, -0.2) is 4.79 Å². The van der Waals surface area contributed by atoms with Crippen molar-refractivity contribution in [3.8, 4) is 11.5 Å². The third-order valence-corrected chi connectivity index (χ3v) is 3.60. The highest BCUT2D eigenvalue weighted by atomic mass is 19.4. The van der Waals surface area contributed by atoms with Crippen molar-refractivity contribution < 1.29 is 41.0 Å². The minimum atomic E-state index is -4.48. The molecule has 1 heterocycles. The van der Waals surface area contributed by atoms with Gasteiger partial charge in [-0.2, -0.15) is 13.2 Å². The highest BCUT2D eigenvalue weighted by molar-refractivity contribution is 5.93. The average Bonchev–Trinajstić information content (AvgIpc) is 3.13. The first kappa shape index (κ1) is 14.9. The van der Waals surface area contributed by atoms with E-state index in [9.17, 15) is 26.7 Å². The van der Waals surface area contributed by atoms with Crippen molar-refractivity contribution in [2.45, 2.75) is 24.8 Å². The number of methoxy groups -OCH3 is 1. The molecule has 1 fully saturated rings. The molecule has 9 heteroatoms. The van der Waals surface area contributed by atoms with Crippen LogP contribution in [0, 0.1) is 5.92 Å². The smallest absolute Gasteiger partial charge is 0.465 e. The lowest BCUT2D eigenvalue weighted by molar-refractivity contribution is -0.286. The maximum absolute atomic E-state index is 13.2. The van der Waals surface area contributed by atoms with Gasteiger partial charge in [0.25, 0.3) is 0 Å². The second-order valence-electron chi connectivity index (χ2n) is 5.00. The van der Waals surface area contributed by atoms with E-state index in [2.05, 4.69) is 14.2 Å². The van der Waals surface area contributed by atoms with Gasteiger partial charge < -0.3 is 14.2 Å². The third kappa shape index (κ3) is 2.34. The molecule has 4 nitrogen and oxygen atoms in total. The fraction of sp³-hybridized carbons (Fsp3) is 0.462. The first-order chi connectivity index (χ1) is 10.1. The van der Waals surface area contributed by atoms with Crippen LogP contribution in [0.3, 0.4) is 0 Å². The fourth-order valence-electron chi connectivity index (χ4n) is 2.56. The Bertz CT molecular complexity index is 640. The zero-order valence-corrected chi connectivity index (χ0v) is 11.0. The topological polar surface area (TPSA) is 44.8 Å². The summed E-state index contributed by atoms with van der Waals surface area (Å²) in [6.45, 7) is 0. The van der Waals surface area contributed by atoms with Crippen LogP contribution in [0.1, 0.15) is 28.3 Å². The average molecular weight is 324 g/mol. The van der Waals surface area contributed by atoms with Gasteiger partial charge in [0.15, 0.2) is 11.5 Å². The standard InChI is InChI=1S/C13H9F5O4/c1-20-11(19)5-2-3-8-10(22-13(17,18)21-8)9(5)6-4-7(6)12(14,15)16/h2-3,6-7H,4H2,1H3. The van der Waals surface area contributed by atoms with E-state index < -0.39 is 41.8 Å². The van der Waals surface area contributed by atoms with Crippen LogP contribution in [-0.2, 0) is 4.74 Å². The lowest BCUT2D eigenvalue weighted by Crippen LogP contribution is -2.26. The van der Waals surface area contributed by atoms with Gasteiger partial charge in [0.1, 0.15) is 0 Å². The minimum Gasteiger partial charge on any atom is -0.465 e. The lowest BCUT2D eigenvalue weighted by Gasteiger charge is -2.12. The monoisotopic (exact) mass is 324 g/mol. The van der Waals surface area contributed by atoms with E-state index in [0.29, 0.717) is 0 Å². The SMILES string of the molecule is COC(=O)c1ccc2c(c1C1CC1C(F)(F)F)OC(F)(F)O2. The molecule has 1 aromatic rings. The molecule has 0 spiro atoms. The minimum absolute atomic E-state index is 0.237. The number of ether oxygens (including phenoxy) is 3. The Morgan fingerprint density at radius 2 is 2.00 bits per heavy atom. The number of halogens is 5. The van der Waals surface area contributed by atoms with Gasteiger partial charge in [0, 0.05) is 11.5 Å². The molecule has 0 aromatic heterocycles. The molecule has 22 heavy (non-hydrogen) atoms. The summed E-state index contributed by atoms with van der Waals surface area (Å²) < 4.78 is 77.6. The van der Waals surface area contributed by atoms with Crippen molar-refractivity contribution in [1.82, 2.24) is 0 Å². The first-order valence-electron chi connectivity index (χ1n) is 6.22. The van der Waals surface area contributed by atoms with E-state index in [1.165, 1.54) is 0 Å². The summed E-state index contributed by atoms with van der Waals surface area (Å²) >= 11 is 0. The van der Waals surface area contributed by atoms with E-state index in [-0.39, 0.29) is 17.5 Å². The van der Waals surface area contributed by atoms with Gasteiger partial charge in [0.05, 0.1) is 18.6 Å². The summed E-state index contributed by atoms with van der Waals surface area (Å²) in [6.07, 6.45) is -8.77. The predicted octanol–water partition coefficient (Wildman–Crippen LogP) is 3.46. The summed E-state index contributed by atoms with van der Waals surface area (Å²) in [5.41, 5.74) is -0.483. The molecule has 2 unspecified atom stereocenters. The van der Waals surface area contributed by atoms with Crippen LogP contribution in [0.15, 0.2) is 12.1 Å². The van der Waals surface area contributed by atoms with E-state index in [4.69, 9.17) is 0 Å². The number of carbonyl (C=O) groups is 1. The molecular weight excluding hydrogens is 315 g/mol. The summed E-state index contributed by atoms with van der Waals surface area (Å²) in [4.78, 5) is 11.7. The third-order valence-electron chi connectivity index (χ3n) is 3.60. The summed E-state index contributed by atoms with van der Waals surface area (Å²) in [6, 6.07) is 2.13. The molecule has 0 radical (unpaired) electrons. The summed E-state index contributed by atoms with van der Waals surface area (Å²) in [5, 5.41) is 0. The lowest BCUT2D eigenvalue weighted by atomic mass is 10.00. The Kier molecular flexibility index (Phi) is 3.02. The number of carbonyl (C=O) groups excluding carboxylic acids is 1. The maximum atomic E-state index is 13.2. The Balaban J connectivity index is 2.07. The summed E-state index contributed by atoms with van der Waals surface area (Å²) in [5.74, 6) is -4.71. The normalized spacial score (nSPS) is 25.0. The van der Waals surface area contributed by atoms with Crippen molar-refractivity contribution in [2.75, 3.05) is 7.11 Å². The van der Waals surface area contributed by atoms with Crippen molar-refractivity contribution >= 4 is 5.97 Å². The molecule has 0 saturated heterocycles. The van der Waals surface area contributed by atoms with Crippen LogP contribution in [0.25, 0.3) is 0 Å². The molecule has 0 amide bonds. The zero-order chi connectivity index (χ0) is 16.3. The molecule has 120 valence electrons. The van der Waals surface area contributed by atoms with Crippen LogP contribution in [0.2, 0.25) is 0 Å². The van der Waals surface area contributed by atoms with E-state index in [1.54, 1.807) is 0 Å². The van der Waals surface area contributed by atoms with Gasteiger partial charge in [0.2, 0.25) is 0 Å². The molecule has 3 rings (SSSR count). The molecule has 0 bridgehead atoms. The molecule has 0 N–H and O–H groups in total. The fourth-order valence-corrected chi connectivity index (χ4v) is 2.56. The molecular formula is C13H9F5O4. The molecule has 1 saturated carbocycles. The van der Waals surface area contributed by atoms with Gasteiger partial charge in [-0.3, -0.25) is 0 Å². The number of hydrogen-bond acceptors (Lipinski definition) is 4. The number of hydrogen-bond donors (Lipinski definition) is 0.